The van der Waals surface area contributed by atoms with Crippen molar-refractivity contribution in [3.63, 3.8) is 0 Å². The van der Waals surface area contributed by atoms with Crippen LogP contribution in [0.2, 0.25) is 0 Å². The third-order valence-electron chi connectivity index (χ3n) is 6.08. The molecule has 1 N–H and O–H groups in total. The molecule has 3 aromatic carbocycles. The van der Waals surface area contributed by atoms with E-state index in [1.807, 2.05) is 47.4 Å². The minimum atomic E-state index is -0.392. The number of hydrogen-bond donors (Lipinski definition) is 1. The minimum Gasteiger partial charge on any atom is -0.493 e. The van der Waals surface area contributed by atoms with Gasteiger partial charge in [-0.15, -0.1) is 0 Å². The molecule has 0 radical (unpaired) electrons. The van der Waals surface area contributed by atoms with Crippen molar-refractivity contribution >= 4 is 49.9 Å². The van der Waals surface area contributed by atoms with Crippen LogP contribution in [-0.2, 0) is 11.4 Å². The molecule has 10 heteroatoms. The van der Waals surface area contributed by atoms with Crippen molar-refractivity contribution in [3.8, 4) is 17.2 Å². The molecule has 39 heavy (non-hydrogen) atoms. The van der Waals surface area contributed by atoms with Crippen LogP contribution in [0.3, 0.4) is 0 Å². The van der Waals surface area contributed by atoms with Crippen LogP contribution in [0.4, 0.5) is 0 Å². The molecule has 0 aliphatic carbocycles. The molecule has 0 atom stereocenters. The number of hydrazone groups is 1. The van der Waals surface area contributed by atoms with Gasteiger partial charge in [-0.1, -0.05) is 28.1 Å². The van der Waals surface area contributed by atoms with Crippen molar-refractivity contribution in [1.82, 2.24) is 10.3 Å². The molecule has 0 bridgehead atoms. The summed E-state index contributed by atoms with van der Waals surface area (Å²) < 4.78 is 18.6. The lowest BCUT2D eigenvalue weighted by Gasteiger charge is -2.26. The summed E-state index contributed by atoms with van der Waals surface area (Å²) in [6.45, 7) is 1.80. The predicted octanol–water partition coefficient (Wildman–Crippen LogP) is 5.95. The van der Waals surface area contributed by atoms with Gasteiger partial charge in [0.1, 0.15) is 12.4 Å². The Bertz CT molecular complexity index is 1320. The van der Waals surface area contributed by atoms with Crippen molar-refractivity contribution < 1.29 is 23.8 Å². The highest BCUT2D eigenvalue weighted by Crippen LogP contribution is 2.29. The molecule has 1 aliphatic rings. The van der Waals surface area contributed by atoms with Crippen LogP contribution in [0.5, 0.6) is 17.2 Å². The second-order valence-corrected chi connectivity index (χ2v) is 10.7. The molecule has 1 saturated heterocycles. The van der Waals surface area contributed by atoms with Crippen LogP contribution in [0.1, 0.15) is 40.7 Å². The maximum atomic E-state index is 12.7. The number of piperidine rings is 1. The van der Waals surface area contributed by atoms with E-state index in [-0.39, 0.29) is 12.5 Å². The number of benzene rings is 3. The van der Waals surface area contributed by atoms with E-state index in [1.165, 1.54) is 12.6 Å². The molecule has 4 rings (SSSR count). The monoisotopic (exact) mass is 657 g/mol. The summed E-state index contributed by atoms with van der Waals surface area (Å²) >= 11 is 6.77. The summed E-state index contributed by atoms with van der Waals surface area (Å²) in [5.41, 5.74) is 4.80. The molecule has 1 aliphatic heterocycles. The van der Waals surface area contributed by atoms with Gasteiger partial charge in [0, 0.05) is 23.1 Å². The largest absolute Gasteiger partial charge is 0.493 e. The molecule has 3 aromatic rings. The first-order valence-corrected chi connectivity index (χ1v) is 14.1. The molecule has 8 nitrogen and oxygen atoms in total. The molecule has 204 valence electrons. The number of likely N-dealkylation sites (tertiary alicyclic amines) is 1. The molecule has 0 aromatic heterocycles. The zero-order chi connectivity index (χ0) is 27.6. The van der Waals surface area contributed by atoms with Crippen LogP contribution < -0.4 is 19.6 Å². The number of hydrogen-bond acceptors (Lipinski definition) is 6. The van der Waals surface area contributed by atoms with E-state index in [4.69, 9.17) is 14.2 Å². The molecule has 0 spiro atoms. The number of methoxy groups -OCH3 is 1. The standard InChI is InChI=1S/C29H29Br2N3O5/c1-37-27-15-21(17-32-33-28(35)19-39-25-12-10-23(30)16-24(25)31)7-11-26(27)38-18-20-5-8-22(9-6-20)29(36)34-13-3-2-4-14-34/h5-12,15-17H,2-4,13-14,18-19H2,1H3,(H,33,35)/b32-17+. The van der Waals surface area contributed by atoms with Crippen LogP contribution in [0.25, 0.3) is 0 Å². The van der Waals surface area contributed by atoms with Gasteiger partial charge in [0.25, 0.3) is 11.8 Å². The van der Waals surface area contributed by atoms with E-state index in [0.717, 1.165) is 46.0 Å². The van der Waals surface area contributed by atoms with Crippen LogP contribution >= 0.6 is 31.9 Å². The van der Waals surface area contributed by atoms with Crippen LogP contribution in [0, 0.1) is 0 Å². The summed E-state index contributed by atoms with van der Waals surface area (Å²) in [7, 11) is 1.56. The highest BCUT2D eigenvalue weighted by Gasteiger charge is 2.18. The SMILES string of the molecule is COc1cc(/C=N/NC(=O)COc2ccc(Br)cc2Br)ccc1OCc1ccc(C(=O)N2CCCCC2)cc1. The van der Waals surface area contributed by atoms with Crippen molar-refractivity contribution in [2.45, 2.75) is 25.9 Å². The van der Waals surface area contributed by atoms with E-state index in [1.54, 1.807) is 25.3 Å². The predicted molar refractivity (Wildman–Crippen MR) is 157 cm³/mol. The van der Waals surface area contributed by atoms with E-state index in [9.17, 15) is 9.59 Å². The highest BCUT2D eigenvalue weighted by molar-refractivity contribution is 9.11. The second-order valence-electron chi connectivity index (χ2n) is 8.91. The molecule has 0 saturated carbocycles. The second kappa shape index (κ2) is 14.1. The van der Waals surface area contributed by atoms with E-state index in [0.29, 0.717) is 29.4 Å². The number of rotatable bonds is 10. The first-order chi connectivity index (χ1) is 18.9. The van der Waals surface area contributed by atoms with Gasteiger partial charge < -0.3 is 19.1 Å². The van der Waals surface area contributed by atoms with Gasteiger partial charge in [-0.25, -0.2) is 5.43 Å². The fourth-order valence-electron chi connectivity index (χ4n) is 4.01. The quantitative estimate of drug-likeness (QED) is 0.215. The lowest BCUT2D eigenvalue weighted by atomic mass is 10.1. The lowest BCUT2D eigenvalue weighted by Crippen LogP contribution is -2.35. The van der Waals surface area contributed by atoms with E-state index < -0.39 is 5.91 Å². The van der Waals surface area contributed by atoms with Gasteiger partial charge in [-0.2, -0.15) is 5.10 Å². The number of nitrogens with one attached hydrogen (secondary N) is 1. The van der Waals surface area contributed by atoms with E-state index >= 15 is 0 Å². The van der Waals surface area contributed by atoms with Gasteiger partial charge in [-0.05, 0) is 94.9 Å². The third-order valence-corrected chi connectivity index (χ3v) is 7.19. The molecule has 0 unspecified atom stereocenters. The van der Waals surface area contributed by atoms with Crippen molar-refractivity contribution in [1.29, 1.82) is 0 Å². The number of ether oxygens (including phenoxy) is 3. The van der Waals surface area contributed by atoms with Crippen molar-refractivity contribution in [2.24, 2.45) is 5.10 Å². The lowest BCUT2D eigenvalue weighted by molar-refractivity contribution is -0.123. The minimum absolute atomic E-state index is 0.0856. The van der Waals surface area contributed by atoms with Crippen molar-refractivity contribution in [3.05, 3.63) is 86.3 Å². The maximum absolute atomic E-state index is 12.7. The van der Waals surface area contributed by atoms with Gasteiger partial charge >= 0.3 is 0 Å². The Kier molecular flexibility index (Phi) is 10.4. The van der Waals surface area contributed by atoms with Crippen LogP contribution in [-0.4, -0.2) is 49.7 Å². The van der Waals surface area contributed by atoms with Crippen LogP contribution in [0.15, 0.2) is 74.7 Å². The normalized spacial score (nSPS) is 13.3. The number of carbonyl (C=O) groups excluding carboxylic acids is 2. The Labute approximate surface area is 244 Å². The maximum Gasteiger partial charge on any atom is 0.277 e. The zero-order valence-electron chi connectivity index (χ0n) is 21.5. The smallest absolute Gasteiger partial charge is 0.277 e. The summed E-state index contributed by atoms with van der Waals surface area (Å²) in [6.07, 6.45) is 4.84. The highest BCUT2D eigenvalue weighted by atomic mass is 79.9. The summed E-state index contributed by atoms with van der Waals surface area (Å²) in [5, 5.41) is 3.99. The Balaban J connectivity index is 1.27. The van der Waals surface area contributed by atoms with Gasteiger partial charge in [0.15, 0.2) is 18.1 Å². The number of nitrogens with zero attached hydrogens (tertiary/aromatic N) is 2. The summed E-state index contributed by atoms with van der Waals surface area (Å²) in [4.78, 5) is 26.7. The molecule has 1 fully saturated rings. The van der Waals surface area contributed by atoms with Gasteiger partial charge in [-0.3, -0.25) is 9.59 Å². The average molecular weight is 659 g/mol. The van der Waals surface area contributed by atoms with Gasteiger partial charge in [0.2, 0.25) is 0 Å². The fourth-order valence-corrected chi connectivity index (χ4v) is 5.18. The summed E-state index contributed by atoms with van der Waals surface area (Å²) in [5.74, 6) is 1.35. The molecular formula is C29H29Br2N3O5. The topological polar surface area (TPSA) is 89.5 Å². The fraction of sp³-hybridized carbons (Fsp3) is 0.276. The Morgan fingerprint density at radius 1 is 0.923 bits per heavy atom. The Hall–Kier alpha value is -3.37. The average Bonchev–Trinajstić information content (AvgIpc) is 2.96. The molecular weight excluding hydrogens is 630 g/mol. The Morgan fingerprint density at radius 2 is 1.67 bits per heavy atom. The molecule has 2 amide bonds. The Morgan fingerprint density at radius 3 is 2.38 bits per heavy atom. The van der Waals surface area contributed by atoms with E-state index in [2.05, 4.69) is 42.4 Å². The van der Waals surface area contributed by atoms with Crippen molar-refractivity contribution in [2.75, 3.05) is 26.8 Å². The number of amides is 2. The third kappa shape index (κ3) is 8.31. The zero-order valence-corrected chi connectivity index (χ0v) is 24.7. The first-order valence-electron chi connectivity index (χ1n) is 12.5. The first kappa shape index (κ1) is 28.6. The van der Waals surface area contributed by atoms with Gasteiger partial charge in [0.05, 0.1) is 17.8 Å². The number of halogens is 2. The number of carbonyl (C=O) groups is 2. The summed E-state index contributed by atoms with van der Waals surface area (Å²) in [6, 6.07) is 18.3. The molecule has 1 heterocycles.